The molecule has 0 saturated carbocycles. The van der Waals surface area contributed by atoms with Crippen LogP contribution in [0.25, 0.3) is 0 Å². The monoisotopic (exact) mass is 482 g/mol. The maximum atomic E-state index is 10.2. The Hall–Kier alpha value is -1.11. The smallest absolute Gasteiger partial charge is 0.160 e. The molecule has 4 nitrogen and oxygen atoms in total. The van der Waals surface area contributed by atoms with Gasteiger partial charge in [0.15, 0.2) is 11.5 Å². The summed E-state index contributed by atoms with van der Waals surface area (Å²) in [6, 6.07) is 9.25. The number of aromatic hydroxyl groups is 2. The standard InChI is InChI=1S/C24H32Cl2N2O2S/c25-19-7-5-8-20(26)24(19)31-15-14-28-13-4-2-1-3-6-17-16-10-12-22(29)23(30)18(16)9-11-21(17)27/h5,7-8,10,12,17,21,28-30H,1-4,6,9,11,13-15,27H2. The van der Waals surface area contributed by atoms with Crippen LogP contribution in [0.4, 0.5) is 0 Å². The van der Waals surface area contributed by atoms with Crippen LogP contribution in [0, 0.1) is 0 Å². The lowest BCUT2D eigenvalue weighted by molar-refractivity contribution is 0.380. The van der Waals surface area contributed by atoms with Crippen LogP contribution in [0.15, 0.2) is 35.2 Å². The van der Waals surface area contributed by atoms with Crippen LogP contribution in [0.1, 0.15) is 55.6 Å². The molecule has 0 bridgehead atoms. The van der Waals surface area contributed by atoms with Crippen molar-refractivity contribution in [2.75, 3.05) is 18.8 Å². The van der Waals surface area contributed by atoms with E-state index in [4.69, 9.17) is 28.9 Å². The van der Waals surface area contributed by atoms with Crippen molar-refractivity contribution in [1.29, 1.82) is 0 Å². The van der Waals surface area contributed by atoms with Crippen molar-refractivity contribution >= 4 is 35.0 Å². The number of hydrogen-bond acceptors (Lipinski definition) is 5. The van der Waals surface area contributed by atoms with Crippen molar-refractivity contribution < 1.29 is 10.2 Å². The van der Waals surface area contributed by atoms with Crippen LogP contribution in [0.2, 0.25) is 10.0 Å². The molecule has 0 spiro atoms. The number of hydrogen-bond donors (Lipinski definition) is 4. The van der Waals surface area contributed by atoms with Crippen molar-refractivity contribution in [3.8, 4) is 11.5 Å². The lowest BCUT2D eigenvalue weighted by Gasteiger charge is -2.32. The van der Waals surface area contributed by atoms with Gasteiger partial charge in [0.25, 0.3) is 0 Å². The molecule has 2 atom stereocenters. The molecule has 3 rings (SSSR count). The minimum atomic E-state index is -0.0335. The van der Waals surface area contributed by atoms with Crippen molar-refractivity contribution in [2.45, 2.75) is 61.8 Å². The third-order valence-electron chi connectivity index (χ3n) is 6.00. The number of benzene rings is 2. The highest BCUT2D eigenvalue weighted by atomic mass is 35.5. The van der Waals surface area contributed by atoms with Crippen LogP contribution in [0.5, 0.6) is 11.5 Å². The fourth-order valence-corrected chi connectivity index (χ4v) is 5.89. The first-order valence-electron chi connectivity index (χ1n) is 11.1. The van der Waals surface area contributed by atoms with E-state index < -0.39 is 0 Å². The summed E-state index contributed by atoms with van der Waals surface area (Å²) in [5, 5.41) is 24.8. The molecule has 2 aromatic rings. The summed E-state index contributed by atoms with van der Waals surface area (Å²) < 4.78 is 0. The maximum absolute atomic E-state index is 10.2. The van der Waals surface area contributed by atoms with E-state index in [0.717, 1.165) is 67.0 Å². The molecule has 0 fully saturated rings. The van der Waals surface area contributed by atoms with Gasteiger partial charge in [-0.15, -0.1) is 11.8 Å². The molecule has 0 saturated heterocycles. The zero-order chi connectivity index (χ0) is 22.2. The van der Waals surface area contributed by atoms with Crippen LogP contribution in [-0.2, 0) is 6.42 Å². The van der Waals surface area contributed by atoms with Gasteiger partial charge in [-0.25, -0.2) is 0 Å². The summed E-state index contributed by atoms with van der Waals surface area (Å²) in [5.74, 6) is 1.21. The normalized spacial score (nSPS) is 18.2. The predicted octanol–water partition coefficient (Wildman–Crippen LogP) is 6.09. The number of phenols is 2. The second-order valence-electron chi connectivity index (χ2n) is 8.16. The van der Waals surface area contributed by atoms with E-state index in [9.17, 15) is 10.2 Å². The van der Waals surface area contributed by atoms with Gasteiger partial charge in [0.2, 0.25) is 0 Å². The fourth-order valence-electron chi connectivity index (χ4n) is 4.30. The average Bonchev–Trinajstić information content (AvgIpc) is 2.75. The number of halogens is 2. The highest BCUT2D eigenvalue weighted by Gasteiger charge is 2.29. The molecule has 2 aromatic carbocycles. The molecule has 7 heteroatoms. The van der Waals surface area contributed by atoms with Crippen LogP contribution < -0.4 is 11.1 Å². The molecule has 0 radical (unpaired) electrons. The number of unbranched alkanes of at least 4 members (excludes halogenated alkanes) is 3. The minimum Gasteiger partial charge on any atom is -0.504 e. The summed E-state index contributed by atoms with van der Waals surface area (Å²) in [4.78, 5) is 0.957. The van der Waals surface area contributed by atoms with Crippen molar-refractivity contribution in [1.82, 2.24) is 5.32 Å². The predicted molar refractivity (Wildman–Crippen MR) is 132 cm³/mol. The molecule has 2 unspecified atom stereocenters. The molecular weight excluding hydrogens is 451 g/mol. The number of fused-ring (bicyclic) bond motifs is 1. The lowest BCUT2D eigenvalue weighted by atomic mass is 9.76. The second kappa shape index (κ2) is 12.2. The molecule has 0 aliphatic heterocycles. The largest absolute Gasteiger partial charge is 0.504 e. The molecule has 5 N–H and O–H groups in total. The fraction of sp³-hybridized carbons (Fsp3) is 0.500. The van der Waals surface area contributed by atoms with E-state index in [-0.39, 0.29) is 23.5 Å². The highest BCUT2D eigenvalue weighted by Crippen LogP contribution is 2.42. The van der Waals surface area contributed by atoms with Gasteiger partial charge < -0.3 is 21.3 Å². The molecule has 1 aliphatic rings. The minimum absolute atomic E-state index is 0.0335. The van der Waals surface area contributed by atoms with Gasteiger partial charge in [-0.05, 0) is 61.9 Å². The molecular formula is C24H32Cl2N2O2S. The highest BCUT2D eigenvalue weighted by molar-refractivity contribution is 7.99. The van der Waals surface area contributed by atoms with E-state index in [0.29, 0.717) is 10.0 Å². The van der Waals surface area contributed by atoms with Crippen LogP contribution >= 0.6 is 35.0 Å². The van der Waals surface area contributed by atoms with E-state index in [1.807, 2.05) is 24.3 Å². The van der Waals surface area contributed by atoms with Gasteiger partial charge in [0.1, 0.15) is 0 Å². The Labute approximate surface area is 199 Å². The number of rotatable bonds is 11. The van der Waals surface area contributed by atoms with Gasteiger partial charge >= 0.3 is 0 Å². The summed E-state index contributed by atoms with van der Waals surface area (Å²) in [5.41, 5.74) is 8.38. The Balaban J connectivity index is 1.29. The van der Waals surface area contributed by atoms with Crippen LogP contribution in [-0.4, -0.2) is 35.1 Å². The average molecular weight is 484 g/mol. The molecule has 170 valence electrons. The van der Waals surface area contributed by atoms with Crippen LogP contribution in [0.3, 0.4) is 0 Å². The summed E-state index contributed by atoms with van der Waals surface area (Å²) in [6.07, 6.45) is 7.26. The Bertz CT molecular complexity index is 845. The summed E-state index contributed by atoms with van der Waals surface area (Å²) in [7, 11) is 0. The first-order chi connectivity index (χ1) is 15.0. The summed E-state index contributed by atoms with van der Waals surface area (Å²) in [6.45, 7) is 1.94. The molecule has 31 heavy (non-hydrogen) atoms. The SMILES string of the molecule is NC1CCc2c(ccc(O)c2O)C1CCCCCCNCCSc1c(Cl)cccc1Cl. The Morgan fingerprint density at radius 2 is 1.74 bits per heavy atom. The molecule has 1 aliphatic carbocycles. The Kier molecular flexibility index (Phi) is 9.67. The summed E-state index contributed by atoms with van der Waals surface area (Å²) >= 11 is 14.1. The Morgan fingerprint density at radius 1 is 1.00 bits per heavy atom. The number of nitrogens with two attached hydrogens (primary N) is 1. The second-order valence-corrected chi connectivity index (χ2v) is 10.1. The number of nitrogens with one attached hydrogen (secondary N) is 1. The maximum Gasteiger partial charge on any atom is 0.160 e. The quantitative estimate of drug-likeness (QED) is 0.177. The van der Waals surface area contributed by atoms with Crippen molar-refractivity contribution in [2.24, 2.45) is 5.73 Å². The molecule has 0 heterocycles. The number of thioether (sulfide) groups is 1. The van der Waals surface area contributed by atoms with Crippen molar-refractivity contribution in [3.63, 3.8) is 0 Å². The topological polar surface area (TPSA) is 78.5 Å². The lowest BCUT2D eigenvalue weighted by Crippen LogP contribution is -2.33. The molecule has 0 aromatic heterocycles. The van der Waals surface area contributed by atoms with Gasteiger partial charge in [-0.2, -0.15) is 0 Å². The van der Waals surface area contributed by atoms with Gasteiger partial charge in [-0.1, -0.05) is 54.6 Å². The van der Waals surface area contributed by atoms with E-state index >= 15 is 0 Å². The van der Waals surface area contributed by atoms with E-state index in [2.05, 4.69) is 5.32 Å². The zero-order valence-electron chi connectivity index (χ0n) is 17.7. The van der Waals surface area contributed by atoms with Gasteiger partial charge in [-0.3, -0.25) is 0 Å². The van der Waals surface area contributed by atoms with E-state index in [1.54, 1.807) is 17.8 Å². The van der Waals surface area contributed by atoms with Gasteiger partial charge in [0.05, 0.1) is 10.0 Å². The van der Waals surface area contributed by atoms with Crippen molar-refractivity contribution in [3.05, 3.63) is 51.5 Å². The third-order valence-corrected chi connectivity index (χ3v) is 8.00. The zero-order valence-corrected chi connectivity index (χ0v) is 20.1. The number of phenolic OH excluding ortho intramolecular Hbond substituents is 2. The first kappa shape index (κ1) is 24.5. The Morgan fingerprint density at radius 3 is 2.52 bits per heavy atom. The van der Waals surface area contributed by atoms with Gasteiger partial charge in [0, 0.05) is 28.8 Å². The third kappa shape index (κ3) is 6.69. The molecule has 0 amide bonds. The van der Waals surface area contributed by atoms with E-state index in [1.165, 1.54) is 12.8 Å². The first-order valence-corrected chi connectivity index (χ1v) is 12.8.